The van der Waals surface area contributed by atoms with Crippen LogP contribution < -0.4 is 0 Å². The molecular weight excluding hydrogens is 424 g/mol. The molecule has 32 heavy (non-hydrogen) atoms. The van der Waals surface area contributed by atoms with Crippen LogP contribution in [0.2, 0.25) is 0 Å². The van der Waals surface area contributed by atoms with Gasteiger partial charge in [0.05, 0.1) is 17.1 Å². The Morgan fingerprint density at radius 2 is 1.81 bits per heavy atom. The number of hydrogen-bond donors (Lipinski definition) is 2. The number of benzene rings is 2. The molecule has 174 valence electrons. The van der Waals surface area contributed by atoms with Crippen molar-refractivity contribution in [3.63, 3.8) is 0 Å². The fourth-order valence-electron chi connectivity index (χ4n) is 5.50. The quantitative estimate of drug-likeness (QED) is 0.439. The van der Waals surface area contributed by atoms with Gasteiger partial charge in [0.25, 0.3) is 10.1 Å². The Labute approximate surface area is 191 Å². The average Bonchev–Trinajstić information content (AvgIpc) is 2.74. The van der Waals surface area contributed by atoms with Crippen molar-refractivity contribution < 1.29 is 22.8 Å². The number of aromatic hydroxyl groups is 1. The molecule has 0 bridgehead atoms. The van der Waals surface area contributed by atoms with Crippen molar-refractivity contribution in [2.75, 3.05) is 6.61 Å². The average molecular weight is 459 g/mol. The van der Waals surface area contributed by atoms with Crippen molar-refractivity contribution in [1.82, 2.24) is 0 Å². The number of phenols is 1. The summed E-state index contributed by atoms with van der Waals surface area (Å²) in [6, 6.07) is 12.3. The van der Waals surface area contributed by atoms with Crippen molar-refractivity contribution in [3.8, 4) is 5.75 Å². The van der Waals surface area contributed by atoms with E-state index in [1.807, 2.05) is 19.1 Å². The topological polar surface area (TPSA) is 83.8 Å². The lowest BCUT2D eigenvalue weighted by Crippen LogP contribution is -2.45. The van der Waals surface area contributed by atoms with Crippen LogP contribution in [0.4, 0.5) is 0 Å². The van der Waals surface area contributed by atoms with E-state index in [-0.39, 0.29) is 22.8 Å². The zero-order chi connectivity index (χ0) is 23.0. The number of unbranched alkanes of at least 4 members (excludes halogenated alkanes) is 1. The first-order chi connectivity index (χ1) is 15.1. The Bertz CT molecular complexity index is 1060. The Balaban J connectivity index is 1.32. The van der Waals surface area contributed by atoms with Crippen LogP contribution in [-0.2, 0) is 20.7 Å². The van der Waals surface area contributed by atoms with E-state index in [1.54, 1.807) is 30.3 Å². The van der Waals surface area contributed by atoms with Crippen LogP contribution in [0.5, 0.6) is 5.75 Å². The summed E-state index contributed by atoms with van der Waals surface area (Å²) in [5.74, 6) is 0.586. The lowest BCUT2D eigenvalue weighted by atomic mass is 9.55. The molecule has 0 aliphatic heterocycles. The van der Waals surface area contributed by atoms with Crippen molar-refractivity contribution in [2.24, 2.45) is 5.41 Å². The van der Waals surface area contributed by atoms with Gasteiger partial charge in [0.2, 0.25) is 0 Å². The molecule has 0 heterocycles. The molecule has 4 rings (SSSR count). The Morgan fingerprint density at radius 1 is 1.06 bits per heavy atom. The summed E-state index contributed by atoms with van der Waals surface area (Å²) in [7, 11) is -3.74. The summed E-state index contributed by atoms with van der Waals surface area (Å²) in [6.07, 6.45) is 6.45. The van der Waals surface area contributed by atoms with Crippen molar-refractivity contribution in [1.29, 1.82) is 0 Å². The molecule has 2 aromatic carbocycles. The van der Waals surface area contributed by atoms with Gasteiger partial charge >= 0.3 is 0 Å². The van der Waals surface area contributed by atoms with Gasteiger partial charge in [-0.3, -0.25) is 4.18 Å². The largest absolute Gasteiger partial charge is 0.508 e. The molecule has 0 aromatic heterocycles. The van der Waals surface area contributed by atoms with E-state index in [9.17, 15) is 18.6 Å². The third-order valence-corrected chi connectivity index (χ3v) is 8.97. The van der Waals surface area contributed by atoms with E-state index < -0.39 is 15.7 Å². The molecule has 2 N–H and O–H groups in total. The number of phenolic OH excluding ortho intramolecular Hbond substituents is 1. The molecule has 0 saturated heterocycles. The second-order valence-electron chi connectivity index (χ2n) is 10.1. The second kappa shape index (κ2) is 8.81. The molecule has 0 radical (unpaired) electrons. The van der Waals surface area contributed by atoms with E-state index in [1.165, 1.54) is 11.1 Å². The summed E-state index contributed by atoms with van der Waals surface area (Å²) in [6.45, 7) is 4.36. The van der Waals surface area contributed by atoms with Crippen molar-refractivity contribution in [2.45, 2.75) is 81.6 Å². The molecule has 1 saturated carbocycles. The highest BCUT2D eigenvalue weighted by atomic mass is 32.2. The van der Waals surface area contributed by atoms with Gasteiger partial charge in [-0.15, -0.1) is 0 Å². The monoisotopic (exact) mass is 458 g/mol. The smallest absolute Gasteiger partial charge is 0.296 e. The van der Waals surface area contributed by atoms with Crippen LogP contribution in [0.1, 0.15) is 74.5 Å². The van der Waals surface area contributed by atoms with E-state index in [2.05, 4.69) is 6.92 Å². The predicted octanol–water partition coefficient (Wildman–Crippen LogP) is 5.23. The first-order valence-corrected chi connectivity index (χ1v) is 13.0. The van der Waals surface area contributed by atoms with Crippen LogP contribution >= 0.6 is 0 Å². The lowest BCUT2D eigenvalue weighted by Gasteiger charge is -2.51. The summed E-state index contributed by atoms with van der Waals surface area (Å²) in [5, 5.41) is 21.2. The predicted molar refractivity (Wildman–Crippen MR) is 124 cm³/mol. The molecule has 0 unspecified atom stereocenters. The zero-order valence-corrected chi connectivity index (χ0v) is 19.8. The molecule has 1 fully saturated rings. The highest BCUT2D eigenvalue weighted by Crippen LogP contribution is 2.57. The number of fused-ring (bicyclic) bond motifs is 3. The molecule has 3 atom stereocenters. The maximum atomic E-state index is 12.3. The first-order valence-electron chi connectivity index (χ1n) is 11.6. The Hall–Kier alpha value is -1.89. The van der Waals surface area contributed by atoms with Crippen LogP contribution in [0, 0.1) is 12.3 Å². The van der Waals surface area contributed by atoms with Crippen LogP contribution in [0.15, 0.2) is 47.4 Å². The van der Waals surface area contributed by atoms with Crippen LogP contribution in [-0.4, -0.2) is 30.8 Å². The molecular formula is C26H34O5S. The van der Waals surface area contributed by atoms with Crippen molar-refractivity contribution >= 4 is 10.1 Å². The van der Waals surface area contributed by atoms with Gasteiger partial charge in [0.15, 0.2) is 0 Å². The Morgan fingerprint density at radius 3 is 2.56 bits per heavy atom. The van der Waals surface area contributed by atoms with E-state index in [0.717, 1.165) is 31.2 Å². The summed E-state index contributed by atoms with van der Waals surface area (Å²) >= 11 is 0. The minimum atomic E-state index is -3.74. The van der Waals surface area contributed by atoms with Crippen LogP contribution in [0.3, 0.4) is 0 Å². The molecule has 5 nitrogen and oxygen atoms in total. The van der Waals surface area contributed by atoms with Crippen molar-refractivity contribution in [3.05, 3.63) is 59.2 Å². The van der Waals surface area contributed by atoms with Gasteiger partial charge in [-0.05, 0) is 105 Å². The lowest BCUT2D eigenvalue weighted by molar-refractivity contribution is -0.0550. The van der Waals surface area contributed by atoms with E-state index in [0.29, 0.717) is 31.4 Å². The third kappa shape index (κ3) is 4.87. The minimum absolute atomic E-state index is 0.121. The fraction of sp³-hybridized carbons (Fsp3) is 0.538. The molecule has 2 aliphatic carbocycles. The van der Waals surface area contributed by atoms with Gasteiger partial charge in [0.1, 0.15) is 5.75 Å². The van der Waals surface area contributed by atoms with Crippen LogP contribution in [0.25, 0.3) is 0 Å². The molecule has 6 heteroatoms. The van der Waals surface area contributed by atoms with Gasteiger partial charge < -0.3 is 10.2 Å². The summed E-state index contributed by atoms with van der Waals surface area (Å²) in [5.41, 5.74) is 2.90. The third-order valence-electron chi connectivity index (χ3n) is 7.64. The normalized spacial score (nSPS) is 27.5. The Kier molecular flexibility index (Phi) is 6.40. The first kappa shape index (κ1) is 23.3. The van der Waals surface area contributed by atoms with E-state index >= 15 is 0 Å². The minimum Gasteiger partial charge on any atom is -0.508 e. The maximum absolute atomic E-state index is 12.3. The highest BCUT2D eigenvalue weighted by molar-refractivity contribution is 7.86. The number of hydrogen-bond acceptors (Lipinski definition) is 5. The number of aryl methyl sites for hydroxylation is 2. The second-order valence-corrected chi connectivity index (χ2v) is 11.7. The number of aliphatic hydroxyl groups is 1. The summed E-state index contributed by atoms with van der Waals surface area (Å²) < 4.78 is 29.8. The van der Waals surface area contributed by atoms with Gasteiger partial charge in [-0.25, -0.2) is 0 Å². The molecule has 0 spiro atoms. The fourth-order valence-corrected chi connectivity index (χ4v) is 6.44. The standard InChI is InChI=1S/C26H34O5S/c1-19-5-8-22(9-6-19)32(29,30)31-16-4-3-12-26(28)15-14-25(2)13-11-20-17-21(27)7-10-23(20)24(25)18-26/h5-10,17,24,27-28H,3-4,11-16,18H2,1-2H3/t24-,25+,26-/m1/s1. The molecule has 2 aliphatic rings. The van der Waals surface area contributed by atoms with E-state index in [4.69, 9.17) is 4.18 Å². The number of rotatable bonds is 7. The molecule has 2 aromatic rings. The zero-order valence-electron chi connectivity index (χ0n) is 19.0. The SMILES string of the molecule is Cc1ccc(S(=O)(=O)OCCCC[C@@]2(O)CC[C@]3(C)CCc4cc(O)ccc4[C@H]3C2)cc1. The summed E-state index contributed by atoms with van der Waals surface area (Å²) in [4.78, 5) is 0.176. The van der Waals surface area contributed by atoms with Gasteiger partial charge in [0, 0.05) is 0 Å². The molecule has 0 amide bonds. The maximum Gasteiger partial charge on any atom is 0.296 e. The van der Waals surface area contributed by atoms with Gasteiger partial charge in [-0.2, -0.15) is 8.42 Å². The van der Waals surface area contributed by atoms with Gasteiger partial charge in [-0.1, -0.05) is 30.7 Å². The highest BCUT2D eigenvalue weighted by Gasteiger charge is 2.48.